The van der Waals surface area contributed by atoms with Crippen molar-refractivity contribution < 1.29 is 32.6 Å². The first-order valence-corrected chi connectivity index (χ1v) is 9.43. The van der Waals surface area contributed by atoms with Gasteiger partial charge in [-0.05, 0) is 35.9 Å². The molecule has 0 aliphatic rings. The highest BCUT2D eigenvalue weighted by Crippen LogP contribution is 2.29. The number of halogens is 3. The number of hydrogen-bond acceptors (Lipinski definition) is 6. The molecule has 0 atom stereocenters. The predicted octanol–water partition coefficient (Wildman–Crippen LogP) is 4.23. The van der Waals surface area contributed by atoms with Crippen molar-refractivity contribution in [2.45, 2.75) is 13.2 Å². The van der Waals surface area contributed by atoms with Gasteiger partial charge in [0.2, 0.25) is 0 Å². The number of thiophene rings is 1. The minimum atomic E-state index is -2.98. The summed E-state index contributed by atoms with van der Waals surface area (Å²) in [7, 11) is 2.90. The molecule has 0 saturated heterocycles. The van der Waals surface area contributed by atoms with Crippen LogP contribution in [0.15, 0.2) is 36.4 Å². The van der Waals surface area contributed by atoms with Gasteiger partial charge in [-0.15, -0.1) is 11.3 Å². The number of likely N-dealkylation sites (N-methyl/N-ethyl adjacent to an activating group) is 1. The van der Waals surface area contributed by atoms with E-state index in [4.69, 9.17) is 21.1 Å². The predicted molar refractivity (Wildman–Crippen MR) is 105 cm³/mol. The van der Waals surface area contributed by atoms with Gasteiger partial charge in [0.1, 0.15) is 0 Å². The average Bonchev–Trinajstić information content (AvgIpc) is 3.09. The number of rotatable bonds is 9. The van der Waals surface area contributed by atoms with Crippen LogP contribution in [0, 0.1) is 0 Å². The van der Waals surface area contributed by atoms with Gasteiger partial charge in [0.15, 0.2) is 18.1 Å². The molecule has 1 amide bonds. The van der Waals surface area contributed by atoms with Crippen molar-refractivity contribution in [2.75, 3.05) is 20.8 Å². The van der Waals surface area contributed by atoms with Crippen molar-refractivity contribution >= 4 is 40.9 Å². The molecule has 0 spiro atoms. The highest BCUT2D eigenvalue weighted by molar-refractivity contribution is 7.16. The minimum absolute atomic E-state index is 0.0892. The third-order valence-electron chi connectivity index (χ3n) is 3.60. The fourth-order valence-corrected chi connectivity index (χ4v) is 3.34. The molecule has 0 fully saturated rings. The van der Waals surface area contributed by atoms with E-state index in [-0.39, 0.29) is 17.4 Å². The van der Waals surface area contributed by atoms with E-state index in [0.29, 0.717) is 16.4 Å². The first-order chi connectivity index (χ1) is 13.8. The molecule has 0 bridgehead atoms. The van der Waals surface area contributed by atoms with Crippen LogP contribution < -0.4 is 9.47 Å². The number of amides is 1. The lowest BCUT2D eigenvalue weighted by Crippen LogP contribution is -2.30. The van der Waals surface area contributed by atoms with Gasteiger partial charge < -0.3 is 19.1 Å². The second-order valence-corrected chi connectivity index (χ2v) is 7.49. The number of carbonyl (C=O) groups is 2. The van der Waals surface area contributed by atoms with Crippen molar-refractivity contribution in [1.29, 1.82) is 0 Å². The van der Waals surface area contributed by atoms with E-state index in [1.807, 2.05) is 6.07 Å². The van der Waals surface area contributed by atoms with Crippen LogP contribution in [0.1, 0.15) is 10.4 Å². The topological polar surface area (TPSA) is 65.1 Å². The third-order valence-corrected chi connectivity index (χ3v) is 4.82. The Morgan fingerprint density at radius 1 is 1.24 bits per heavy atom. The highest BCUT2D eigenvalue weighted by Gasteiger charge is 2.13. The van der Waals surface area contributed by atoms with Crippen LogP contribution in [0.3, 0.4) is 0 Å². The Balaban J connectivity index is 1.86. The normalized spacial score (nSPS) is 11.0. The molecule has 10 heteroatoms. The fourth-order valence-electron chi connectivity index (χ4n) is 2.20. The number of alkyl halides is 2. The number of methoxy groups -OCH3 is 1. The molecule has 0 aliphatic carbocycles. The van der Waals surface area contributed by atoms with Crippen molar-refractivity contribution in [1.82, 2.24) is 4.90 Å². The Bertz CT molecular complexity index is 887. The van der Waals surface area contributed by atoms with Crippen molar-refractivity contribution in [3.8, 4) is 11.5 Å². The quantitative estimate of drug-likeness (QED) is 0.427. The maximum Gasteiger partial charge on any atom is 0.387 e. The first-order valence-electron chi connectivity index (χ1n) is 8.24. The fraction of sp³-hybridized carbons (Fsp3) is 0.263. The smallest absolute Gasteiger partial charge is 0.387 e. The Morgan fingerprint density at radius 3 is 2.62 bits per heavy atom. The molecule has 2 aromatic rings. The second kappa shape index (κ2) is 10.8. The summed E-state index contributed by atoms with van der Waals surface area (Å²) in [6.45, 7) is -3.03. The molecule has 29 heavy (non-hydrogen) atoms. The van der Waals surface area contributed by atoms with E-state index < -0.39 is 19.2 Å². The molecule has 2 rings (SSSR count). The molecule has 0 unspecified atom stereocenters. The zero-order chi connectivity index (χ0) is 21.4. The number of hydrogen-bond donors (Lipinski definition) is 0. The molecular formula is C19H18ClF2NO5S. The van der Waals surface area contributed by atoms with E-state index in [9.17, 15) is 18.4 Å². The van der Waals surface area contributed by atoms with Gasteiger partial charge in [0.05, 0.1) is 18.0 Å². The maximum atomic E-state index is 12.3. The minimum Gasteiger partial charge on any atom is -0.493 e. The molecule has 6 nitrogen and oxygen atoms in total. The van der Waals surface area contributed by atoms with E-state index in [2.05, 4.69) is 4.74 Å². The summed E-state index contributed by atoms with van der Waals surface area (Å²) in [5.41, 5.74) is 0.499. The summed E-state index contributed by atoms with van der Waals surface area (Å²) in [5, 5.41) is 0. The van der Waals surface area contributed by atoms with Crippen LogP contribution in [-0.2, 0) is 20.9 Å². The zero-order valence-electron chi connectivity index (χ0n) is 15.6. The zero-order valence-corrected chi connectivity index (χ0v) is 17.1. The van der Waals surface area contributed by atoms with Gasteiger partial charge in [-0.1, -0.05) is 17.7 Å². The lowest BCUT2D eigenvalue weighted by atomic mass is 10.2. The van der Waals surface area contributed by atoms with E-state index in [1.54, 1.807) is 13.1 Å². The average molecular weight is 446 g/mol. The number of ether oxygens (including phenoxy) is 3. The van der Waals surface area contributed by atoms with Crippen LogP contribution in [0.25, 0.3) is 6.08 Å². The Morgan fingerprint density at radius 2 is 2.00 bits per heavy atom. The van der Waals surface area contributed by atoms with Gasteiger partial charge in [0.25, 0.3) is 5.91 Å². The summed E-state index contributed by atoms with van der Waals surface area (Å²) in [6, 6.07) is 7.75. The molecule has 0 radical (unpaired) electrons. The molecular weight excluding hydrogens is 428 g/mol. The first kappa shape index (κ1) is 22.6. The highest BCUT2D eigenvalue weighted by atomic mass is 35.5. The third kappa shape index (κ3) is 7.35. The molecule has 0 N–H and O–H groups in total. The lowest BCUT2D eigenvalue weighted by molar-refractivity contribution is -0.147. The number of esters is 1. The van der Waals surface area contributed by atoms with Crippen LogP contribution in [0.2, 0.25) is 4.34 Å². The SMILES string of the molecule is COc1cc(/C=C/C(=O)OCC(=O)N(C)Cc2ccc(Cl)s2)ccc1OC(F)F. The van der Waals surface area contributed by atoms with Crippen LogP contribution in [0.5, 0.6) is 11.5 Å². The maximum absolute atomic E-state index is 12.3. The molecule has 1 heterocycles. The van der Waals surface area contributed by atoms with Crippen LogP contribution in [-0.4, -0.2) is 44.2 Å². The standard InChI is InChI=1S/C19H18ClF2NO5S/c1-23(10-13-5-7-16(20)29-13)17(24)11-27-18(25)8-4-12-3-6-14(28-19(21)22)15(9-12)26-2/h3-9,19H,10-11H2,1-2H3/b8-4+. The second-order valence-electron chi connectivity index (χ2n) is 5.69. The number of carbonyl (C=O) groups excluding carboxylic acids is 2. The van der Waals surface area contributed by atoms with Gasteiger partial charge in [0, 0.05) is 18.0 Å². The Hall–Kier alpha value is -2.65. The number of benzene rings is 1. The molecule has 0 saturated carbocycles. The van der Waals surface area contributed by atoms with Gasteiger partial charge >= 0.3 is 12.6 Å². The van der Waals surface area contributed by atoms with E-state index in [0.717, 1.165) is 11.0 Å². The van der Waals surface area contributed by atoms with E-state index >= 15 is 0 Å². The van der Waals surface area contributed by atoms with Gasteiger partial charge in [-0.2, -0.15) is 8.78 Å². The Kier molecular flexibility index (Phi) is 8.41. The summed E-state index contributed by atoms with van der Waals surface area (Å²) in [6.07, 6.45) is 2.52. The van der Waals surface area contributed by atoms with Gasteiger partial charge in [-0.3, -0.25) is 4.79 Å². The van der Waals surface area contributed by atoms with Gasteiger partial charge in [-0.25, -0.2) is 4.79 Å². The van der Waals surface area contributed by atoms with Crippen LogP contribution >= 0.6 is 22.9 Å². The lowest BCUT2D eigenvalue weighted by Gasteiger charge is -2.15. The van der Waals surface area contributed by atoms with Crippen molar-refractivity contribution in [3.63, 3.8) is 0 Å². The van der Waals surface area contributed by atoms with Crippen LogP contribution in [0.4, 0.5) is 8.78 Å². The largest absolute Gasteiger partial charge is 0.493 e. The summed E-state index contributed by atoms with van der Waals surface area (Å²) in [4.78, 5) is 26.2. The monoisotopic (exact) mass is 445 g/mol. The van der Waals surface area contributed by atoms with Crippen molar-refractivity contribution in [3.05, 3.63) is 51.2 Å². The van der Waals surface area contributed by atoms with Crippen molar-refractivity contribution in [2.24, 2.45) is 0 Å². The van der Waals surface area contributed by atoms with E-state index in [1.165, 1.54) is 47.6 Å². The summed E-state index contributed by atoms with van der Waals surface area (Å²) >= 11 is 7.21. The summed E-state index contributed by atoms with van der Waals surface area (Å²) in [5.74, 6) is -1.13. The molecule has 1 aromatic heterocycles. The molecule has 156 valence electrons. The molecule has 1 aromatic carbocycles. The Labute approximate surface area is 175 Å². The summed E-state index contributed by atoms with van der Waals surface area (Å²) < 4.78 is 39.5. The number of nitrogens with zero attached hydrogens (tertiary/aromatic N) is 1. The molecule has 0 aliphatic heterocycles.